The van der Waals surface area contributed by atoms with Crippen molar-refractivity contribution >= 4 is 33.4 Å². The zero-order valence-electron chi connectivity index (χ0n) is 12.8. The molecular formula is C19H17IO3. The number of aliphatic hydroxyl groups is 1. The van der Waals surface area contributed by atoms with E-state index in [0.717, 1.165) is 14.7 Å². The van der Waals surface area contributed by atoms with Crippen molar-refractivity contribution in [1.29, 1.82) is 0 Å². The van der Waals surface area contributed by atoms with E-state index in [1.807, 2.05) is 24.3 Å². The fourth-order valence-electron chi connectivity index (χ4n) is 2.57. The van der Waals surface area contributed by atoms with Crippen LogP contribution in [-0.2, 0) is 13.2 Å². The van der Waals surface area contributed by atoms with E-state index >= 15 is 0 Å². The molecule has 0 saturated carbocycles. The predicted octanol–water partition coefficient (Wildman–Crippen LogP) is 4.52. The summed E-state index contributed by atoms with van der Waals surface area (Å²) in [6.45, 7) is 0.447. The molecule has 0 aliphatic rings. The van der Waals surface area contributed by atoms with Crippen LogP contribution in [0.25, 0.3) is 10.8 Å². The third kappa shape index (κ3) is 3.43. The van der Waals surface area contributed by atoms with Crippen LogP contribution in [-0.4, -0.2) is 12.2 Å². The normalized spacial score (nSPS) is 10.7. The lowest BCUT2D eigenvalue weighted by Crippen LogP contribution is -2.01. The lowest BCUT2D eigenvalue weighted by Gasteiger charge is -2.15. The number of benzene rings is 3. The summed E-state index contributed by atoms with van der Waals surface area (Å²) in [4.78, 5) is 0. The molecule has 0 fully saturated rings. The predicted molar refractivity (Wildman–Crippen MR) is 99.9 cm³/mol. The zero-order chi connectivity index (χ0) is 16.2. The third-order valence-corrected chi connectivity index (χ3v) is 4.53. The average Bonchev–Trinajstić information content (AvgIpc) is 2.60. The molecule has 3 rings (SSSR count). The highest BCUT2D eigenvalue weighted by atomic mass is 127. The zero-order valence-corrected chi connectivity index (χ0v) is 14.9. The summed E-state index contributed by atoms with van der Waals surface area (Å²) in [5.74, 6) is 1.35. The van der Waals surface area contributed by atoms with Crippen molar-refractivity contribution in [2.45, 2.75) is 13.2 Å². The van der Waals surface area contributed by atoms with Gasteiger partial charge in [-0.2, -0.15) is 0 Å². The molecule has 3 aromatic rings. The summed E-state index contributed by atoms with van der Waals surface area (Å²) in [6, 6.07) is 18.2. The number of halogens is 1. The average molecular weight is 420 g/mol. The van der Waals surface area contributed by atoms with Crippen LogP contribution in [0.2, 0.25) is 0 Å². The lowest BCUT2D eigenvalue weighted by molar-refractivity contribution is 0.273. The fraction of sp³-hybridized carbons (Fsp3) is 0.158. The molecule has 0 radical (unpaired) electrons. The molecule has 0 spiro atoms. The van der Waals surface area contributed by atoms with Gasteiger partial charge >= 0.3 is 0 Å². The molecule has 0 bridgehead atoms. The molecule has 0 heterocycles. The molecule has 0 aliphatic carbocycles. The third-order valence-electron chi connectivity index (χ3n) is 3.72. The summed E-state index contributed by atoms with van der Waals surface area (Å²) >= 11 is 2.20. The van der Waals surface area contributed by atoms with Gasteiger partial charge in [0.05, 0.1) is 17.3 Å². The highest BCUT2D eigenvalue weighted by Crippen LogP contribution is 2.35. The highest BCUT2D eigenvalue weighted by Gasteiger charge is 2.12. The topological polar surface area (TPSA) is 38.7 Å². The first-order chi connectivity index (χ1) is 11.2. The summed E-state index contributed by atoms with van der Waals surface area (Å²) in [5, 5.41) is 11.7. The number of aliphatic hydroxyl groups excluding tert-OH is 1. The van der Waals surface area contributed by atoms with Crippen molar-refractivity contribution in [2.24, 2.45) is 0 Å². The molecule has 0 aliphatic heterocycles. The Labute approximate surface area is 149 Å². The molecule has 4 heteroatoms. The number of methoxy groups -OCH3 is 1. The van der Waals surface area contributed by atoms with Crippen molar-refractivity contribution in [1.82, 2.24) is 0 Å². The van der Waals surface area contributed by atoms with E-state index in [2.05, 4.69) is 46.9 Å². The quantitative estimate of drug-likeness (QED) is 0.617. The Bertz CT molecular complexity index is 825. The molecule has 0 unspecified atom stereocenters. The lowest BCUT2D eigenvalue weighted by atomic mass is 10.1. The van der Waals surface area contributed by atoms with Crippen LogP contribution in [0.4, 0.5) is 0 Å². The molecule has 0 aromatic heterocycles. The smallest absolute Gasteiger partial charge is 0.174 e. The summed E-state index contributed by atoms with van der Waals surface area (Å²) in [5.41, 5.74) is 1.94. The summed E-state index contributed by atoms with van der Waals surface area (Å²) in [7, 11) is 1.61. The van der Waals surface area contributed by atoms with Gasteiger partial charge in [-0.05, 0) is 56.6 Å². The van der Waals surface area contributed by atoms with Crippen LogP contribution in [0.1, 0.15) is 11.1 Å². The van der Waals surface area contributed by atoms with Crippen molar-refractivity contribution in [3.05, 3.63) is 69.3 Å². The van der Waals surface area contributed by atoms with Gasteiger partial charge in [-0.25, -0.2) is 0 Å². The van der Waals surface area contributed by atoms with Crippen molar-refractivity contribution in [2.75, 3.05) is 7.11 Å². The maximum absolute atomic E-state index is 9.30. The molecule has 3 aromatic carbocycles. The minimum Gasteiger partial charge on any atom is -0.493 e. The second-order valence-electron chi connectivity index (χ2n) is 5.19. The number of hydrogen-bond donors (Lipinski definition) is 1. The van der Waals surface area contributed by atoms with Gasteiger partial charge in [0.1, 0.15) is 6.61 Å². The molecule has 3 nitrogen and oxygen atoms in total. The standard InChI is InChI=1S/C19H17IO3/c1-22-18-10-13(11-21)9-17(20)19(18)23-12-15-7-4-6-14-5-2-3-8-16(14)15/h2-10,21H,11-12H2,1H3. The maximum Gasteiger partial charge on any atom is 0.174 e. The van der Waals surface area contributed by atoms with Crippen LogP contribution in [0.3, 0.4) is 0 Å². The van der Waals surface area contributed by atoms with E-state index in [-0.39, 0.29) is 6.61 Å². The Morgan fingerprint density at radius 1 is 1.04 bits per heavy atom. The Morgan fingerprint density at radius 3 is 2.61 bits per heavy atom. The van der Waals surface area contributed by atoms with Crippen LogP contribution in [0, 0.1) is 3.57 Å². The van der Waals surface area contributed by atoms with Gasteiger partial charge in [-0.15, -0.1) is 0 Å². The molecule has 23 heavy (non-hydrogen) atoms. The Kier molecular flexibility index (Phi) is 5.03. The van der Waals surface area contributed by atoms with E-state index in [1.165, 1.54) is 10.8 Å². The van der Waals surface area contributed by atoms with E-state index in [4.69, 9.17) is 9.47 Å². The first kappa shape index (κ1) is 16.1. The van der Waals surface area contributed by atoms with Crippen LogP contribution < -0.4 is 9.47 Å². The van der Waals surface area contributed by atoms with Gasteiger partial charge in [0, 0.05) is 0 Å². The van der Waals surface area contributed by atoms with E-state index in [1.54, 1.807) is 13.2 Å². The maximum atomic E-state index is 9.30. The monoisotopic (exact) mass is 420 g/mol. The molecule has 0 atom stereocenters. The fourth-order valence-corrected chi connectivity index (χ4v) is 3.39. The van der Waals surface area contributed by atoms with Gasteiger partial charge < -0.3 is 14.6 Å². The summed E-state index contributed by atoms with van der Waals surface area (Å²) in [6.07, 6.45) is 0. The van der Waals surface area contributed by atoms with Gasteiger partial charge in [0.2, 0.25) is 0 Å². The van der Waals surface area contributed by atoms with Crippen LogP contribution in [0.5, 0.6) is 11.5 Å². The van der Waals surface area contributed by atoms with E-state index < -0.39 is 0 Å². The SMILES string of the molecule is COc1cc(CO)cc(I)c1OCc1cccc2ccccc12. The van der Waals surface area contributed by atoms with Crippen molar-refractivity contribution in [3.8, 4) is 11.5 Å². The van der Waals surface area contributed by atoms with Gasteiger partial charge in [-0.1, -0.05) is 42.5 Å². The number of hydrogen-bond acceptors (Lipinski definition) is 3. The van der Waals surface area contributed by atoms with Gasteiger partial charge in [0.15, 0.2) is 11.5 Å². The van der Waals surface area contributed by atoms with Gasteiger partial charge in [0.25, 0.3) is 0 Å². The molecule has 1 N–H and O–H groups in total. The van der Waals surface area contributed by atoms with Crippen LogP contribution >= 0.6 is 22.6 Å². The molecule has 0 saturated heterocycles. The largest absolute Gasteiger partial charge is 0.493 e. The van der Waals surface area contributed by atoms with E-state index in [0.29, 0.717) is 18.1 Å². The number of rotatable bonds is 5. The molecular weight excluding hydrogens is 403 g/mol. The van der Waals surface area contributed by atoms with E-state index in [9.17, 15) is 5.11 Å². The first-order valence-electron chi connectivity index (χ1n) is 7.29. The second-order valence-corrected chi connectivity index (χ2v) is 6.36. The molecule has 0 amide bonds. The molecule has 118 valence electrons. The first-order valence-corrected chi connectivity index (χ1v) is 8.37. The number of fused-ring (bicyclic) bond motifs is 1. The minimum atomic E-state index is -0.0179. The summed E-state index contributed by atoms with van der Waals surface area (Å²) < 4.78 is 12.4. The highest BCUT2D eigenvalue weighted by molar-refractivity contribution is 14.1. The van der Waals surface area contributed by atoms with Crippen LogP contribution in [0.15, 0.2) is 54.6 Å². The van der Waals surface area contributed by atoms with Crippen molar-refractivity contribution in [3.63, 3.8) is 0 Å². The minimum absolute atomic E-state index is 0.0179. The Morgan fingerprint density at radius 2 is 1.83 bits per heavy atom. The van der Waals surface area contributed by atoms with Crippen molar-refractivity contribution < 1.29 is 14.6 Å². The second kappa shape index (κ2) is 7.19. The Balaban J connectivity index is 1.91. The Hall–Kier alpha value is -1.79. The van der Waals surface area contributed by atoms with Gasteiger partial charge in [-0.3, -0.25) is 0 Å². The number of ether oxygens (including phenoxy) is 2.